The van der Waals surface area contributed by atoms with Gasteiger partial charge in [-0.25, -0.2) is 9.59 Å². The van der Waals surface area contributed by atoms with Crippen molar-refractivity contribution in [2.75, 3.05) is 65.1 Å². The summed E-state index contributed by atoms with van der Waals surface area (Å²) in [7, 11) is 2.16. The highest BCUT2D eigenvalue weighted by molar-refractivity contribution is 6.33. The van der Waals surface area contributed by atoms with E-state index in [9.17, 15) is 14.4 Å². The lowest BCUT2D eigenvalue weighted by Gasteiger charge is -2.43. The first-order valence-corrected chi connectivity index (χ1v) is 17.9. The van der Waals surface area contributed by atoms with Crippen molar-refractivity contribution in [2.24, 2.45) is 0 Å². The van der Waals surface area contributed by atoms with Gasteiger partial charge in [0.1, 0.15) is 6.04 Å². The van der Waals surface area contributed by atoms with Crippen molar-refractivity contribution < 1.29 is 9.59 Å². The maximum atomic E-state index is 14.1. The molecule has 3 aliphatic heterocycles. The molecule has 13 heteroatoms. The minimum Gasteiger partial charge on any atom is -0.397 e. The summed E-state index contributed by atoms with van der Waals surface area (Å²) < 4.78 is 1.77. The number of pyridine rings is 1. The number of nitrogens with two attached hydrogens (primary N) is 1. The molecular weight excluding hydrogens is 654 g/mol. The van der Waals surface area contributed by atoms with Crippen LogP contribution in [-0.2, 0) is 11.2 Å². The number of anilines is 1. The van der Waals surface area contributed by atoms with E-state index in [-0.39, 0.29) is 30.1 Å². The average molecular weight is 698 g/mol. The predicted molar refractivity (Wildman–Crippen MR) is 196 cm³/mol. The summed E-state index contributed by atoms with van der Waals surface area (Å²) in [5.74, 6) is 2.45. The Hall–Kier alpha value is -4.57. The SMILES string of the molecule is C#Cc1cc(C[C@@H](NC(=O)N2CCC(n3c(=O)[nH]c4c5ccccc5ncc43)CC2)C(=O)N2CCN(C3CCN(C)CC3)CC2)cc(Cl)c1N. The van der Waals surface area contributed by atoms with E-state index in [0.29, 0.717) is 61.3 Å². The topological polar surface area (TPSA) is 136 Å². The second kappa shape index (κ2) is 14.3. The van der Waals surface area contributed by atoms with Gasteiger partial charge in [-0.1, -0.05) is 35.7 Å². The van der Waals surface area contributed by atoms with Crippen LogP contribution in [0.5, 0.6) is 0 Å². The summed E-state index contributed by atoms with van der Waals surface area (Å²) >= 11 is 6.42. The smallest absolute Gasteiger partial charge is 0.326 e. The zero-order valence-electron chi connectivity index (χ0n) is 28.4. The molecule has 262 valence electrons. The summed E-state index contributed by atoms with van der Waals surface area (Å²) in [4.78, 5) is 57.2. The molecule has 5 heterocycles. The molecule has 3 saturated heterocycles. The van der Waals surface area contributed by atoms with Gasteiger partial charge >= 0.3 is 11.7 Å². The number of halogens is 1. The maximum absolute atomic E-state index is 14.1. The van der Waals surface area contributed by atoms with Crippen molar-refractivity contribution in [3.05, 3.63) is 69.2 Å². The van der Waals surface area contributed by atoms with Crippen molar-refractivity contribution in [1.29, 1.82) is 0 Å². The number of imidazole rings is 1. The fourth-order valence-corrected chi connectivity index (χ4v) is 8.13. The summed E-state index contributed by atoms with van der Waals surface area (Å²) in [6.45, 7) is 5.86. The molecule has 3 fully saturated rings. The van der Waals surface area contributed by atoms with Gasteiger partial charge in [0.05, 0.1) is 33.5 Å². The number of benzene rings is 2. The summed E-state index contributed by atoms with van der Waals surface area (Å²) in [5.41, 5.74) is 9.73. The highest BCUT2D eigenvalue weighted by atomic mass is 35.5. The first-order valence-electron chi connectivity index (χ1n) is 17.5. The summed E-state index contributed by atoms with van der Waals surface area (Å²) in [6, 6.07) is 10.5. The van der Waals surface area contributed by atoms with Crippen LogP contribution in [0.25, 0.3) is 21.9 Å². The van der Waals surface area contributed by atoms with Gasteiger partial charge < -0.3 is 30.7 Å². The van der Waals surface area contributed by atoms with Crippen molar-refractivity contribution in [3.8, 4) is 12.3 Å². The minimum atomic E-state index is -0.823. The minimum absolute atomic E-state index is 0.0966. The number of hydrogen-bond donors (Lipinski definition) is 3. The average Bonchev–Trinajstić information content (AvgIpc) is 3.49. The molecule has 3 aliphatic rings. The Morgan fingerprint density at radius 2 is 1.72 bits per heavy atom. The second-order valence-electron chi connectivity index (χ2n) is 13.8. The molecule has 2 aromatic heterocycles. The van der Waals surface area contributed by atoms with Gasteiger partial charge in [-0.05, 0) is 69.6 Å². The van der Waals surface area contributed by atoms with Crippen molar-refractivity contribution in [1.82, 2.24) is 39.5 Å². The standard InChI is InChI=1S/C37H44ClN9O3/c1-3-25-20-24(21-29(38)33(25)39)22-31(35(48)45-18-16-44(17-19-45)26-8-12-43(2)13-9-26)41-36(49)46-14-10-27(11-15-46)47-32-23-40-30-7-5-4-6-28(30)34(32)42-37(47)50/h1,4-7,20-21,23,26-27,31H,8-19,22,39H2,2H3,(H,41,49)(H,42,50)/t31-/m1/s1. The Bertz CT molecular complexity index is 1990. The van der Waals surface area contributed by atoms with E-state index in [2.05, 4.69) is 38.1 Å². The fraction of sp³-hybridized carbons (Fsp3) is 0.459. The third kappa shape index (κ3) is 6.77. The van der Waals surface area contributed by atoms with Crippen LogP contribution in [0.2, 0.25) is 5.02 Å². The lowest BCUT2D eigenvalue weighted by molar-refractivity contribution is -0.135. The fourth-order valence-electron chi connectivity index (χ4n) is 7.89. The number of aromatic amines is 1. The number of aromatic nitrogens is 3. The quantitative estimate of drug-likeness (QED) is 0.208. The van der Waals surface area contributed by atoms with E-state index in [4.69, 9.17) is 23.8 Å². The molecule has 0 spiro atoms. The number of amides is 3. The molecule has 4 aromatic rings. The van der Waals surface area contributed by atoms with Crippen LogP contribution < -0.4 is 16.7 Å². The Labute approximate surface area is 296 Å². The van der Waals surface area contributed by atoms with Crippen LogP contribution in [0.4, 0.5) is 10.5 Å². The van der Waals surface area contributed by atoms with E-state index >= 15 is 0 Å². The molecule has 2 aromatic carbocycles. The molecule has 7 rings (SSSR count). The number of para-hydroxylation sites is 1. The number of rotatable bonds is 6. The second-order valence-corrected chi connectivity index (χ2v) is 14.2. The van der Waals surface area contributed by atoms with Crippen molar-refractivity contribution >= 4 is 51.2 Å². The number of terminal acetylenes is 1. The van der Waals surface area contributed by atoms with E-state index in [0.717, 1.165) is 66.5 Å². The molecule has 0 saturated carbocycles. The normalized spacial score (nSPS) is 19.1. The molecule has 4 N–H and O–H groups in total. The summed E-state index contributed by atoms with van der Waals surface area (Å²) in [5, 5.41) is 4.27. The number of H-pyrrole nitrogens is 1. The summed E-state index contributed by atoms with van der Waals surface area (Å²) in [6.07, 6.45) is 11.1. The third-order valence-corrected chi connectivity index (χ3v) is 11.1. The Kier molecular flexibility index (Phi) is 9.73. The van der Waals surface area contributed by atoms with E-state index in [1.165, 1.54) is 0 Å². The zero-order valence-corrected chi connectivity index (χ0v) is 29.2. The Morgan fingerprint density at radius 1 is 1.02 bits per heavy atom. The van der Waals surface area contributed by atoms with Gasteiger partial charge in [0.15, 0.2) is 0 Å². The van der Waals surface area contributed by atoms with Gasteiger partial charge in [-0.3, -0.25) is 19.2 Å². The molecule has 12 nitrogen and oxygen atoms in total. The highest BCUT2D eigenvalue weighted by Crippen LogP contribution is 2.29. The van der Waals surface area contributed by atoms with Gasteiger partial charge in [0.25, 0.3) is 0 Å². The van der Waals surface area contributed by atoms with Crippen LogP contribution in [0.15, 0.2) is 47.4 Å². The van der Waals surface area contributed by atoms with Gasteiger partial charge in [-0.15, -0.1) is 6.42 Å². The number of urea groups is 1. The van der Waals surface area contributed by atoms with Crippen LogP contribution in [0.1, 0.15) is 42.9 Å². The number of nitrogens with zero attached hydrogens (tertiary/aromatic N) is 6. The first-order chi connectivity index (χ1) is 24.2. The Balaban J connectivity index is 1.04. The van der Waals surface area contributed by atoms with Crippen LogP contribution in [-0.4, -0.2) is 118 Å². The number of fused-ring (bicyclic) bond motifs is 3. The van der Waals surface area contributed by atoms with E-state index in [1.807, 2.05) is 29.2 Å². The number of piperazine rings is 1. The molecule has 3 amide bonds. The number of hydrogen-bond acceptors (Lipinski definition) is 7. The van der Waals surface area contributed by atoms with Crippen molar-refractivity contribution in [2.45, 2.75) is 50.2 Å². The number of likely N-dealkylation sites (tertiary alicyclic amines) is 2. The lowest BCUT2D eigenvalue weighted by Crippen LogP contribution is -2.59. The Morgan fingerprint density at radius 3 is 2.44 bits per heavy atom. The number of nitrogens with one attached hydrogen (secondary N) is 2. The molecule has 0 aliphatic carbocycles. The molecule has 0 bridgehead atoms. The molecule has 0 radical (unpaired) electrons. The predicted octanol–water partition coefficient (Wildman–Crippen LogP) is 3.29. The van der Waals surface area contributed by atoms with Crippen LogP contribution in [0.3, 0.4) is 0 Å². The van der Waals surface area contributed by atoms with Gasteiger partial charge in [0.2, 0.25) is 5.91 Å². The first kappa shape index (κ1) is 33.9. The maximum Gasteiger partial charge on any atom is 0.326 e. The van der Waals surface area contributed by atoms with Gasteiger partial charge in [0, 0.05) is 68.7 Å². The molecule has 1 atom stereocenters. The third-order valence-electron chi connectivity index (χ3n) is 10.8. The number of piperidine rings is 2. The number of carbonyl (C=O) groups is 2. The van der Waals surface area contributed by atoms with Crippen LogP contribution >= 0.6 is 11.6 Å². The number of nitrogen functional groups attached to an aromatic ring is 1. The van der Waals surface area contributed by atoms with Crippen LogP contribution in [0, 0.1) is 12.3 Å². The monoisotopic (exact) mass is 697 g/mol. The highest BCUT2D eigenvalue weighted by Gasteiger charge is 2.34. The van der Waals surface area contributed by atoms with Crippen molar-refractivity contribution in [3.63, 3.8) is 0 Å². The number of carbonyl (C=O) groups excluding carboxylic acids is 2. The lowest BCUT2D eigenvalue weighted by atomic mass is 10.00. The zero-order chi connectivity index (χ0) is 34.9. The van der Waals surface area contributed by atoms with E-state index < -0.39 is 6.04 Å². The van der Waals surface area contributed by atoms with Gasteiger partial charge in [-0.2, -0.15) is 0 Å². The molecular formula is C37H44ClN9O3. The van der Waals surface area contributed by atoms with E-state index in [1.54, 1.807) is 27.8 Å². The largest absolute Gasteiger partial charge is 0.397 e. The molecule has 50 heavy (non-hydrogen) atoms. The molecule has 0 unspecified atom stereocenters.